The molecule has 2 aromatic heterocycles. The van der Waals surface area contributed by atoms with Crippen molar-refractivity contribution in [2.24, 2.45) is 0 Å². The van der Waals surface area contributed by atoms with Crippen LogP contribution in [0.1, 0.15) is 33.3 Å². The van der Waals surface area contributed by atoms with Gasteiger partial charge < -0.3 is 10.1 Å². The van der Waals surface area contributed by atoms with E-state index in [-0.39, 0.29) is 24.6 Å². The van der Waals surface area contributed by atoms with Crippen molar-refractivity contribution >= 4 is 33.4 Å². The Morgan fingerprint density at radius 3 is 2.71 bits per heavy atom. The molecular weight excluding hydrogens is 378 g/mol. The summed E-state index contributed by atoms with van der Waals surface area (Å²) in [6.45, 7) is 5.89. The number of thiophene rings is 1. The van der Waals surface area contributed by atoms with Crippen molar-refractivity contribution in [2.75, 3.05) is 6.61 Å². The van der Waals surface area contributed by atoms with Gasteiger partial charge in [-0.2, -0.15) is 0 Å². The highest BCUT2D eigenvalue weighted by Gasteiger charge is 2.20. The number of nitrogens with zero attached hydrogens (tertiary/aromatic N) is 2. The van der Waals surface area contributed by atoms with E-state index >= 15 is 0 Å². The van der Waals surface area contributed by atoms with Crippen molar-refractivity contribution in [3.8, 4) is 0 Å². The summed E-state index contributed by atoms with van der Waals surface area (Å²) in [7, 11) is 0. The number of carbonyl (C=O) groups is 2. The number of hydrogen-bond acceptors (Lipinski definition) is 6. The Balaban J connectivity index is 1.80. The molecule has 7 nitrogen and oxygen atoms in total. The average Bonchev–Trinajstić information content (AvgIpc) is 3.01. The minimum Gasteiger partial charge on any atom is -0.462 e. The van der Waals surface area contributed by atoms with Crippen LogP contribution in [0.4, 0.5) is 0 Å². The second-order valence-electron chi connectivity index (χ2n) is 6.34. The first-order chi connectivity index (χ1) is 13.4. The number of hydrogen-bond donors (Lipinski definition) is 1. The van der Waals surface area contributed by atoms with E-state index in [0.717, 1.165) is 22.5 Å². The van der Waals surface area contributed by atoms with Gasteiger partial charge in [-0.1, -0.05) is 24.3 Å². The van der Waals surface area contributed by atoms with Crippen LogP contribution >= 0.6 is 11.3 Å². The van der Waals surface area contributed by atoms with E-state index < -0.39 is 5.97 Å². The number of ether oxygens (including phenoxy) is 1. The number of carbonyl (C=O) groups excluding carboxylic acids is 2. The molecule has 0 radical (unpaired) electrons. The van der Waals surface area contributed by atoms with E-state index in [9.17, 15) is 14.4 Å². The number of aryl methyl sites for hydroxylation is 2. The van der Waals surface area contributed by atoms with Gasteiger partial charge in [0.25, 0.3) is 5.56 Å². The first-order valence-electron chi connectivity index (χ1n) is 8.89. The lowest BCUT2D eigenvalue weighted by Gasteiger charge is -2.09. The van der Waals surface area contributed by atoms with Crippen LogP contribution < -0.4 is 10.9 Å². The van der Waals surface area contributed by atoms with Gasteiger partial charge in [0.1, 0.15) is 16.3 Å². The first kappa shape index (κ1) is 19.8. The maximum Gasteiger partial charge on any atom is 0.348 e. The van der Waals surface area contributed by atoms with Gasteiger partial charge in [0, 0.05) is 6.54 Å². The molecule has 146 valence electrons. The molecule has 0 unspecified atom stereocenters. The molecule has 3 rings (SSSR count). The van der Waals surface area contributed by atoms with Crippen LogP contribution in [-0.4, -0.2) is 28.0 Å². The molecule has 0 saturated carbocycles. The Morgan fingerprint density at radius 1 is 1.25 bits per heavy atom. The number of amides is 1. The molecule has 0 fully saturated rings. The molecule has 8 heteroatoms. The molecule has 28 heavy (non-hydrogen) atoms. The first-order valence-corrected chi connectivity index (χ1v) is 9.70. The van der Waals surface area contributed by atoms with Crippen molar-refractivity contribution in [1.82, 2.24) is 14.9 Å². The van der Waals surface area contributed by atoms with Crippen LogP contribution in [0.2, 0.25) is 0 Å². The van der Waals surface area contributed by atoms with Crippen molar-refractivity contribution in [2.45, 2.75) is 33.9 Å². The second-order valence-corrected chi connectivity index (χ2v) is 7.34. The largest absolute Gasteiger partial charge is 0.462 e. The molecule has 0 aliphatic heterocycles. The normalized spacial score (nSPS) is 10.8. The van der Waals surface area contributed by atoms with Crippen molar-refractivity contribution in [1.29, 1.82) is 0 Å². The predicted molar refractivity (Wildman–Crippen MR) is 108 cm³/mol. The van der Waals surface area contributed by atoms with Gasteiger partial charge in [0.15, 0.2) is 0 Å². The quantitative estimate of drug-likeness (QED) is 0.644. The Labute approximate surface area is 166 Å². The number of aromatic nitrogens is 2. The van der Waals surface area contributed by atoms with E-state index in [1.54, 1.807) is 13.8 Å². The Kier molecular flexibility index (Phi) is 5.89. The summed E-state index contributed by atoms with van der Waals surface area (Å²) in [5, 5.41) is 3.17. The maximum atomic E-state index is 12.8. The summed E-state index contributed by atoms with van der Waals surface area (Å²) < 4.78 is 6.28. The number of esters is 1. The molecule has 0 aliphatic rings. The Hall–Kier alpha value is -3.00. The topological polar surface area (TPSA) is 90.3 Å². The molecule has 0 aliphatic carbocycles. The molecule has 0 atom stereocenters. The van der Waals surface area contributed by atoms with Crippen molar-refractivity contribution < 1.29 is 14.3 Å². The smallest absolute Gasteiger partial charge is 0.348 e. The maximum absolute atomic E-state index is 12.8. The fraction of sp³-hybridized carbons (Fsp3) is 0.300. The highest BCUT2D eigenvalue weighted by atomic mass is 32.1. The summed E-state index contributed by atoms with van der Waals surface area (Å²) in [6.07, 6.45) is 1.34. The van der Waals surface area contributed by atoms with Gasteiger partial charge in [-0.05, 0) is 37.5 Å². The van der Waals surface area contributed by atoms with Crippen LogP contribution in [0.25, 0.3) is 10.2 Å². The van der Waals surface area contributed by atoms with Crippen molar-refractivity contribution in [3.05, 3.63) is 62.5 Å². The fourth-order valence-corrected chi connectivity index (χ4v) is 3.91. The minimum absolute atomic E-state index is 0.141. The highest BCUT2D eigenvalue weighted by molar-refractivity contribution is 7.20. The van der Waals surface area contributed by atoms with Crippen LogP contribution in [0.5, 0.6) is 0 Å². The zero-order valence-electron chi connectivity index (χ0n) is 15.9. The summed E-state index contributed by atoms with van der Waals surface area (Å²) in [4.78, 5) is 42.2. The van der Waals surface area contributed by atoms with Gasteiger partial charge in [-0.25, -0.2) is 9.78 Å². The highest BCUT2D eigenvalue weighted by Crippen LogP contribution is 2.27. The standard InChI is InChI=1S/C20H21N3O4S/c1-4-27-20(26)17-13(3)16-18(28-17)22-11-23(19(16)25)10-15(24)21-9-14-8-6-5-7-12(14)2/h5-8,11H,4,9-10H2,1-3H3,(H,21,24). The summed E-state index contributed by atoms with van der Waals surface area (Å²) in [5.74, 6) is -0.755. The number of fused-ring (bicyclic) bond motifs is 1. The second kappa shape index (κ2) is 8.35. The fourth-order valence-electron chi connectivity index (χ4n) is 2.88. The lowest BCUT2D eigenvalue weighted by molar-refractivity contribution is -0.121. The third kappa shape index (κ3) is 3.96. The number of rotatable bonds is 6. The van der Waals surface area contributed by atoms with Gasteiger partial charge in [0.2, 0.25) is 5.91 Å². The minimum atomic E-state index is -0.468. The summed E-state index contributed by atoms with van der Waals surface area (Å²) in [6, 6.07) is 7.78. The molecule has 1 aromatic carbocycles. The summed E-state index contributed by atoms with van der Waals surface area (Å²) >= 11 is 1.12. The number of nitrogens with one attached hydrogen (secondary N) is 1. The average molecular weight is 399 g/mol. The Bertz CT molecular complexity index is 1100. The third-order valence-electron chi connectivity index (χ3n) is 4.43. The van der Waals surface area contributed by atoms with Crippen molar-refractivity contribution in [3.63, 3.8) is 0 Å². The monoisotopic (exact) mass is 399 g/mol. The third-order valence-corrected chi connectivity index (χ3v) is 5.61. The molecule has 1 amide bonds. The van der Waals surface area contributed by atoms with E-state index in [0.29, 0.717) is 27.2 Å². The van der Waals surface area contributed by atoms with Gasteiger partial charge in [-0.15, -0.1) is 11.3 Å². The Morgan fingerprint density at radius 2 is 2.00 bits per heavy atom. The molecular formula is C20H21N3O4S. The summed E-state index contributed by atoms with van der Waals surface area (Å²) in [5.41, 5.74) is 2.29. The van der Waals surface area contributed by atoms with E-state index in [4.69, 9.17) is 4.74 Å². The lowest BCUT2D eigenvalue weighted by Crippen LogP contribution is -2.32. The molecule has 0 saturated heterocycles. The van der Waals surface area contributed by atoms with Gasteiger partial charge in [0.05, 0.1) is 18.3 Å². The van der Waals surface area contributed by atoms with Crippen LogP contribution in [0.15, 0.2) is 35.4 Å². The van der Waals surface area contributed by atoms with Crippen LogP contribution in [-0.2, 0) is 22.6 Å². The predicted octanol–water partition coefficient (Wildman–Crippen LogP) is 2.57. The van der Waals surface area contributed by atoms with Gasteiger partial charge in [-0.3, -0.25) is 14.2 Å². The molecule has 1 N–H and O–H groups in total. The molecule has 3 aromatic rings. The molecule has 0 spiro atoms. The zero-order valence-corrected chi connectivity index (χ0v) is 16.8. The van der Waals surface area contributed by atoms with E-state index in [1.807, 2.05) is 31.2 Å². The number of benzene rings is 1. The van der Waals surface area contributed by atoms with Crippen LogP contribution in [0.3, 0.4) is 0 Å². The lowest BCUT2D eigenvalue weighted by atomic mass is 10.1. The molecule has 2 heterocycles. The van der Waals surface area contributed by atoms with E-state index in [2.05, 4.69) is 10.3 Å². The zero-order chi connectivity index (χ0) is 20.3. The SMILES string of the molecule is CCOC(=O)c1sc2ncn(CC(=O)NCc3ccccc3C)c(=O)c2c1C. The van der Waals surface area contributed by atoms with E-state index in [1.165, 1.54) is 10.9 Å². The van der Waals surface area contributed by atoms with Crippen LogP contribution in [0, 0.1) is 13.8 Å². The van der Waals surface area contributed by atoms with Gasteiger partial charge >= 0.3 is 5.97 Å². The molecule has 0 bridgehead atoms.